The third-order valence-electron chi connectivity index (χ3n) is 7.39. The Morgan fingerprint density at radius 1 is 1.20 bits per heavy atom. The van der Waals surface area contributed by atoms with Gasteiger partial charge < -0.3 is 25.6 Å². The van der Waals surface area contributed by atoms with Gasteiger partial charge in [0.05, 0.1) is 30.8 Å². The van der Waals surface area contributed by atoms with Crippen molar-refractivity contribution >= 4 is 39.1 Å². The van der Waals surface area contributed by atoms with E-state index in [2.05, 4.69) is 25.9 Å². The van der Waals surface area contributed by atoms with Crippen molar-refractivity contribution in [2.24, 2.45) is 0 Å². The van der Waals surface area contributed by atoms with E-state index in [-0.39, 0.29) is 36.0 Å². The third-order valence-corrected chi connectivity index (χ3v) is 8.58. The maximum atomic E-state index is 14.4. The van der Waals surface area contributed by atoms with Gasteiger partial charge >= 0.3 is 6.18 Å². The Kier molecular flexibility index (Phi) is 10.1. The summed E-state index contributed by atoms with van der Waals surface area (Å²) in [5.41, 5.74) is 0.824. The van der Waals surface area contributed by atoms with Crippen molar-refractivity contribution in [2.45, 2.75) is 38.3 Å². The molecular weight excluding hydrogens is 618 g/mol. The third kappa shape index (κ3) is 8.30. The molecule has 0 bridgehead atoms. The number of aromatic nitrogens is 2. The number of hydrogen-bond acceptors (Lipinski definition) is 9. The maximum absolute atomic E-state index is 14.4. The zero-order valence-corrected chi connectivity index (χ0v) is 26.2. The van der Waals surface area contributed by atoms with Crippen LogP contribution in [-0.2, 0) is 22.7 Å². The first-order valence-corrected chi connectivity index (χ1v) is 15.7. The van der Waals surface area contributed by atoms with Crippen LogP contribution in [0.15, 0.2) is 42.6 Å². The lowest BCUT2D eigenvalue weighted by Gasteiger charge is -2.32. The molecule has 244 valence electrons. The molecule has 1 amide bonds. The largest absolute Gasteiger partial charge is 0.495 e. The predicted molar refractivity (Wildman–Crippen MR) is 163 cm³/mol. The molecule has 2 heterocycles. The molecular formula is C29H35F4N7O4S. The zero-order chi connectivity index (χ0) is 33.1. The molecule has 1 saturated heterocycles. The van der Waals surface area contributed by atoms with Crippen molar-refractivity contribution in [3.05, 3.63) is 64.8 Å². The van der Waals surface area contributed by atoms with Crippen LogP contribution < -0.4 is 25.0 Å². The zero-order valence-electron chi connectivity index (χ0n) is 25.4. The van der Waals surface area contributed by atoms with Crippen molar-refractivity contribution in [2.75, 3.05) is 55.5 Å². The Bertz CT molecular complexity index is 1660. The number of rotatable bonds is 10. The molecule has 4 rings (SSSR count). The minimum absolute atomic E-state index is 0.175. The first-order chi connectivity index (χ1) is 21.1. The van der Waals surface area contributed by atoms with Gasteiger partial charge in [0.15, 0.2) is 0 Å². The van der Waals surface area contributed by atoms with Crippen molar-refractivity contribution in [3.8, 4) is 5.75 Å². The maximum Gasteiger partial charge on any atom is 0.421 e. The monoisotopic (exact) mass is 653 g/mol. The highest BCUT2D eigenvalue weighted by atomic mass is 32.2. The minimum Gasteiger partial charge on any atom is -0.495 e. The first-order valence-electron chi connectivity index (χ1n) is 13.9. The molecule has 1 fully saturated rings. The summed E-state index contributed by atoms with van der Waals surface area (Å²) in [7, 11) is 0.872. The number of nitrogens with one attached hydrogen (secondary N) is 3. The summed E-state index contributed by atoms with van der Waals surface area (Å²) in [5.74, 6) is -1.06. The van der Waals surface area contributed by atoms with Crippen LogP contribution in [0.5, 0.6) is 5.75 Å². The Labute approximate surface area is 259 Å². The fraction of sp³-hybridized carbons (Fsp3) is 0.414. The van der Waals surface area contributed by atoms with Gasteiger partial charge in [-0.25, -0.2) is 17.8 Å². The number of anilines is 4. The first kappa shape index (κ1) is 33.7. The molecule has 1 aromatic heterocycles. The van der Waals surface area contributed by atoms with Gasteiger partial charge in [0.2, 0.25) is 16.0 Å². The topological polar surface area (TPSA) is 129 Å². The van der Waals surface area contributed by atoms with Crippen LogP contribution in [0.25, 0.3) is 0 Å². The van der Waals surface area contributed by atoms with Crippen LogP contribution >= 0.6 is 0 Å². The summed E-state index contributed by atoms with van der Waals surface area (Å²) in [6.45, 7) is 2.44. The van der Waals surface area contributed by atoms with Crippen LogP contribution in [0, 0.1) is 6.92 Å². The van der Waals surface area contributed by atoms with Crippen LogP contribution in [0.3, 0.4) is 0 Å². The lowest BCUT2D eigenvalue weighted by molar-refractivity contribution is -0.137. The van der Waals surface area contributed by atoms with Crippen molar-refractivity contribution in [3.63, 3.8) is 0 Å². The molecule has 0 spiro atoms. The number of alkyl halides is 4. The molecule has 0 radical (unpaired) electrons. The molecule has 11 nitrogen and oxygen atoms in total. The number of halogens is 4. The molecule has 2 atom stereocenters. The Morgan fingerprint density at radius 3 is 2.58 bits per heavy atom. The highest BCUT2D eigenvalue weighted by Gasteiger charge is 2.35. The molecule has 3 N–H and O–H groups in total. The van der Waals surface area contributed by atoms with E-state index in [1.165, 1.54) is 32.4 Å². The van der Waals surface area contributed by atoms with Gasteiger partial charge in [-0.2, -0.15) is 18.2 Å². The highest BCUT2D eigenvalue weighted by Crippen LogP contribution is 2.36. The second kappa shape index (κ2) is 13.4. The minimum atomic E-state index is -4.79. The standard InChI is InChI=1S/C29H35F4N7O4S/c1-17-6-7-19(24(12-17)40(3)45(5,42)43)14-34-26-20(29(31,32)33)15-35-28(38-26)37-23-9-8-18(13-25(23)44-4)27(41)36-22-10-11-39(2)16-21(22)30/h6-9,12-13,15,21-22H,10-11,14,16H2,1-5H3,(H,36,41)(H2,34,35,37,38)/t21-,22+/m0/s1. The number of carbonyl (C=O) groups excluding carboxylic acids is 1. The average molecular weight is 654 g/mol. The van der Waals surface area contributed by atoms with Crippen molar-refractivity contribution in [1.29, 1.82) is 0 Å². The number of amides is 1. The SMILES string of the molecule is COc1cc(C(=O)N[C@@H]2CCN(C)C[C@@H]2F)ccc1Nc1ncc(C(F)(F)F)c(NCc2ccc(C)cc2N(C)S(C)(=O)=O)n1. The van der Waals surface area contributed by atoms with E-state index < -0.39 is 45.7 Å². The molecule has 0 saturated carbocycles. The smallest absolute Gasteiger partial charge is 0.421 e. The normalized spacial score (nSPS) is 17.4. The van der Waals surface area contributed by atoms with E-state index in [1.54, 1.807) is 32.2 Å². The molecule has 0 aliphatic carbocycles. The summed E-state index contributed by atoms with van der Waals surface area (Å²) in [4.78, 5) is 22.6. The number of benzene rings is 2. The van der Waals surface area contributed by atoms with Gasteiger partial charge in [-0.15, -0.1) is 0 Å². The summed E-state index contributed by atoms with van der Waals surface area (Å²) in [6.07, 6.45) is -3.90. The number of carbonyl (C=O) groups is 1. The Morgan fingerprint density at radius 2 is 1.93 bits per heavy atom. The van der Waals surface area contributed by atoms with Crippen LogP contribution in [0.2, 0.25) is 0 Å². The fourth-order valence-electron chi connectivity index (χ4n) is 4.79. The number of sulfonamides is 1. The van der Waals surface area contributed by atoms with E-state index in [0.717, 1.165) is 16.1 Å². The number of aryl methyl sites for hydroxylation is 1. The molecule has 1 aliphatic heterocycles. The van der Waals surface area contributed by atoms with Gasteiger partial charge in [-0.3, -0.25) is 9.10 Å². The predicted octanol–water partition coefficient (Wildman–Crippen LogP) is 4.34. The van der Waals surface area contributed by atoms with E-state index in [4.69, 9.17) is 4.74 Å². The number of methoxy groups -OCH3 is 1. The van der Waals surface area contributed by atoms with Gasteiger partial charge in [0.25, 0.3) is 5.91 Å². The molecule has 3 aromatic rings. The van der Waals surface area contributed by atoms with Gasteiger partial charge in [0, 0.05) is 38.4 Å². The number of nitrogens with zero attached hydrogens (tertiary/aromatic N) is 4. The Balaban J connectivity index is 1.57. The second-order valence-corrected chi connectivity index (χ2v) is 12.9. The van der Waals surface area contributed by atoms with Gasteiger partial charge in [0.1, 0.15) is 23.3 Å². The highest BCUT2D eigenvalue weighted by molar-refractivity contribution is 7.92. The fourth-order valence-corrected chi connectivity index (χ4v) is 5.31. The van der Waals surface area contributed by atoms with Crippen LogP contribution in [-0.4, -0.2) is 82.0 Å². The summed E-state index contributed by atoms with van der Waals surface area (Å²) in [5, 5.41) is 8.20. The lowest BCUT2D eigenvalue weighted by atomic mass is 10.0. The van der Waals surface area contributed by atoms with Crippen LogP contribution in [0.4, 0.5) is 40.7 Å². The Hall–Kier alpha value is -4.18. The molecule has 2 aromatic carbocycles. The number of likely N-dealkylation sites (tertiary alicyclic amines) is 1. The van der Waals surface area contributed by atoms with E-state index in [1.807, 2.05) is 4.90 Å². The lowest BCUT2D eigenvalue weighted by Crippen LogP contribution is -2.51. The summed E-state index contributed by atoms with van der Waals surface area (Å²) < 4.78 is 86.9. The van der Waals surface area contributed by atoms with Crippen molar-refractivity contribution in [1.82, 2.24) is 20.2 Å². The average Bonchev–Trinajstić information content (AvgIpc) is 2.96. The number of ether oxygens (including phenoxy) is 1. The van der Waals surface area contributed by atoms with Gasteiger partial charge in [-0.1, -0.05) is 12.1 Å². The molecule has 45 heavy (non-hydrogen) atoms. The quantitative estimate of drug-likeness (QED) is 0.274. The molecule has 1 aliphatic rings. The molecule has 16 heteroatoms. The van der Waals surface area contributed by atoms with Crippen LogP contribution in [0.1, 0.15) is 33.5 Å². The number of piperidine rings is 1. The van der Waals surface area contributed by atoms with Gasteiger partial charge in [-0.05, 0) is 55.8 Å². The molecule has 0 unspecified atom stereocenters. The summed E-state index contributed by atoms with van der Waals surface area (Å²) >= 11 is 0. The van der Waals surface area contributed by atoms with E-state index >= 15 is 0 Å². The number of hydrogen-bond donors (Lipinski definition) is 3. The summed E-state index contributed by atoms with van der Waals surface area (Å²) in [6, 6.07) is 8.68. The van der Waals surface area contributed by atoms with E-state index in [9.17, 15) is 30.8 Å². The van der Waals surface area contributed by atoms with Crippen molar-refractivity contribution < 1.29 is 35.5 Å². The second-order valence-electron chi connectivity index (χ2n) is 10.9. The van der Waals surface area contributed by atoms with E-state index in [0.29, 0.717) is 30.4 Å².